The topological polar surface area (TPSA) is 49.2 Å². The number of hydrogen-bond donors (Lipinski definition) is 0. The van der Waals surface area contributed by atoms with Crippen LogP contribution in [-0.4, -0.2) is 29.0 Å². The highest BCUT2D eigenvalue weighted by atomic mass is 16.5. The fraction of sp³-hybridized carbons (Fsp3) is 0.0833. The first-order chi connectivity index (χ1) is 14.3. The van der Waals surface area contributed by atoms with Crippen molar-refractivity contribution in [2.45, 2.75) is 0 Å². The van der Waals surface area contributed by atoms with E-state index in [1.807, 2.05) is 77.5 Å². The Morgan fingerprint density at radius 3 is 2.21 bits per heavy atom. The number of aromatic nitrogens is 3. The molecule has 5 nitrogen and oxygen atoms in total. The first-order valence-electron chi connectivity index (χ1n) is 9.34. The van der Waals surface area contributed by atoms with E-state index in [1.54, 1.807) is 14.2 Å². The highest BCUT2D eigenvalue weighted by Gasteiger charge is 2.16. The van der Waals surface area contributed by atoms with Gasteiger partial charge in [-0.15, -0.1) is 0 Å². The standard InChI is InChI=1S/C24H19N3O2/c1-28-19-10-8-16(9-11-19)23-21-15-17-14-20(29-2)12-13-22(17)25-24(21)27(26-23)18-6-4-3-5-7-18/h3-15H,1-2H3. The van der Waals surface area contributed by atoms with Crippen LogP contribution in [0.15, 0.2) is 78.9 Å². The van der Waals surface area contributed by atoms with Crippen molar-refractivity contribution >= 4 is 21.9 Å². The summed E-state index contributed by atoms with van der Waals surface area (Å²) >= 11 is 0. The summed E-state index contributed by atoms with van der Waals surface area (Å²) in [6.07, 6.45) is 0. The number of nitrogens with zero attached hydrogens (tertiary/aromatic N) is 3. The molecule has 0 saturated heterocycles. The third-order valence-corrected chi connectivity index (χ3v) is 5.02. The Morgan fingerprint density at radius 1 is 0.759 bits per heavy atom. The van der Waals surface area contributed by atoms with Crippen LogP contribution in [0.5, 0.6) is 11.5 Å². The van der Waals surface area contributed by atoms with Crippen molar-refractivity contribution in [3.05, 3.63) is 78.9 Å². The zero-order chi connectivity index (χ0) is 19.8. The maximum absolute atomic E-state index is 5.39. The quantitative estimate of drug-likeness (QED) is 0.426. The van der Waals surface area contributed by atoms with E-state index < -0.39 is 0 Å². The zero-order valence-corrected chi connectivity index (χ0v) is 16.2. The molecule has 3 aromatic carbocycles. The lowest BCUT2D eigenvalue weighted by atomic mass is 10.1. The predicted molar refractivity (Wildman–Crippen MR) is 115 cm³/mol. The van der Waals surface area contributed by atoms with E-state index in [0.717, 1.165) is 50.4 Å². The van der Waals surface area contributed by atoms with Gasteiger partial charge < -0.3 is 9.47 Å². The molecule has 0 aliphatic carbocycles. The molecule has 0 aliphatic rings. The minimum absolute atomic E-state index is 0.806. The molecule has 0 amide bonds. The summed E-state index contributed by atoms with van der Waals surface area (Å²) in [5.74, 6) is 1.62. The maximum atomic E-state index is 5.39. The Labute approximate surface area is 168 Å². The maximum Gasteiger partial charge on any atom is 0.164 e. The summed E-state index contributed by atoms with van der Waals surface area (Å²) in [4.78, 5) is 4.93. The molecule has 0 bridgehead atoms. The van der Waals surface area contributed by atoms with E-state index in [9.17, 15) is 0 Å². The second-order valence-corrected chi connectivity index (χ2v) is 6.74. The zero-order valence-electron chi connectivity index (χ0n) is 16.2. The largest absolute Gasteiger partial charge is 0.497 e. The lowest BCUT2D eigenvalue weighted by Gasteiger charge is -2.05. The van der Waals surface area contributed by atoms with Gasteiger partial charge in [0.25, 0.3) is 0 Å². The molecule has 2 aromatic heterocycles. The van der Waals surface area contributed by atoms with E-state index in [4.69, 9.17) is 19.6 Å². The summed E-state index contributed by atoms with van der Waals surface area (Å²) in [6, 6.07) is 26.0. The second-order valence-electron chi connectivity index (χ2n) is 6.74. The van der Waals surface area contributed by atoms with Crippen molar-refractivity contribution < 1.29 is 9.47 Å². The molecule has 142 valence electrons. The average molecular weight is 381 g/mol. The number of pyridine rings is 1. The van der Waals surface area contributed by atoms with Gasteiger partial charge in [-0.1, -0.05) is 18.2 Å². The molecule has 2 heterocycles. The molecule has 0 unspecified atom stereocenters. The highest BCUT2D eigenvalue weighted by Crippen LogP contribution is 2.33. The molecule has 5 rings (SSSR count). The molecule has 0 aliphatic heterocycles. The lowest BCUT2D eigenvalue weighted by Crippen LogP contribution is -1.97. The molecule has 0 atom stereocenters. The van der Waals surface area contributed by atoms with Gasteiger partial charge in [-0.05, 0) is 60.7 Å². The van der Waals surface area contributed by atoms with Crippen molar-refractivity contribution in [3.8, 4) is 28.4 Å². The van der Waals surface area contributed by atoms with Gasteiger partial charge in [0.15, 0.2) is 5.65 Å². The Hall–Kier alpha value is -3.86. The van der Waals surface area contributed by atoms with Crippen LogP contribution in [-0.2, 0) is 0 Å². The van der Waals surface area contributed by atoms with Crippen molar-refractivity contribution in [1.29, 1.82) is 0 Å². The van der Waals surface area contributed by atoms with Gasteiger partial charge in [0.2, 0.25) is 0 Å². The fourth-order valence-corrected chi connectivity index (χ4v) is 3.52. The molecule has 0 N–H and O–H groups in total. The van der Waals surface area contributed by atoms with Crippen molar-refractivity contribution in [2.75, 3.05) is 14.2 Å². The van der Waals surface area contributed by atoms with Gasteiger partial charge in [-0.25, -0.2) is 9.67 Å². The molecular weight excluding hydrogens is 362 g/mol. The SMILES string of the molecule is COc1ccc(-c2nn(-c3ccccc3)c3nc4ccc(OC)cc4cc23)cc1. The smallest absolute Gasteiger partial charge is 0.164 e. The van der Waals surface area contributed by atoms with Crippen LogP contribution in [0.3, 0.4) is 0 Å². The van der Waals surface area contributed by atoms with Crippen LogP contribution < -0.4 is 9.47 Å². The summed E-state index contributed by atoms with van der Waals surface area (Å²) in [7, 11) is 3.33. The number of hydrogen-bond acceptors (Lipinski definition) is 4. The van der Waals surface area contributed by atoms with Gasteiger partial charge >= 0.3 is 0 Å². The minimum Gasteiger partial charge on any atom is -0.497 e. The number of para-hydroxylation sites is 1. The van der Waals surface area contributed by atoms with Crippen LogP contribution in [0.1, 0.15) is 0 Å². The van der Waals surface area contributed by atoms with E-state index in [1.165, 1.54) is 0 Å². The monoisotopic (exact) mass is 381 g/mol. The van der Waals surface area contributed by atoms with Gasteiger partial charge in [0, 0.05) is 16.3 Å². The summed E-state index contributed by atoms with van der Waals surface area (Å²) < 4.78 is 12.6. The number of rotatable bonds is 4. The molecule has 5 heteroatoms. The van der Waals surface area contributed by atoms with Gasteiger partial charge in [-0.3, -0.25) is 0 Å². The molecular formula is C24H19N3O2. The molecule has 0 radical (unpaired) electrons. The van der Waals surface area contributed by atoms with Crippen LogP contribution in [0.25, 0.3) is 38.9 Å². The summed E-state index contributed by atoms with van der Waals surface area (Å²) in [5, 5.41) is 6.93. The third-order valence-electron chi connectivity index (χ3n) is 5.02. The van der Waals surface area contributed by atoms with E-state index in [-0.39, 0.29) is 0 Å². The van der Waals surface area contributed by atoms with Crippen LogP contribution in [0.2, 0.25) is 0 Å². The van der Waals surface area contributed by atoms with E-state index >= 15 is 0 Å². The summed E-state index contributed by atoms with van der Waals surface area (Å²) in [5.41, 5.74) is 4.58. The fourth-order valence-electron chi connectivity index (χ4n) is 3.52. The minimum atomic E-state index is 0.806. The van der Waals surface area contributed by atoms with Gasteiger partial charge in [0.1, 0.15) is 17.2 Å². The Morgan fingerprint density at radius 2 is 1.48 bits per heavy atom. The van der Waals surface area contributed by atoms with Crippen LogP contribution >= 0.6 is 0 Å². The molecule has 29 heavy (non-hydrogen) atoms. The summed E-state index contributed by atoms with van der Waals surface area (Å²) in [6.45, 7) is 0. The molecule has 0 fully saturated rings. The van der Waals surface area contributed by atoms with Crippen molar-refractivity contribution in [2.24, 2.45) is 0 Å². The Bertz CT molecular complexity index is 1310. The van der Waals surface area contributed by atoms with Crippen LogP contribution in [0, 0.1) is 0 Å². The first-order valence-corrected chi connectivity index (χ1v) is 9.34. The van der Waals surface area contributed by atoms with Gasteiger partial charge in [0.05, 0.1) is 25.4 Å². The van der Waals surface area contributed by atoms with E-state index in [0.29, 0.717) is 0 Å². The predicted octanol–water partition coefficient (Wildman–Crippen LogP) is 5.26. The first kappa shape index (κ1) is 17.3. The highest BCUT2D eigenvalue weighted by molar-refractivity contribution is 5.99. The van der Waals surface area contributed by atoms with Crippen molar-refractivity contribution in [3.63, 3.8) is 0 Å². The number of fused-ring (bicyclic) bond motifs is 2. The normalized spacial score (nSPS) is 11.1. The third kappa shape index (κ3) is 2.97. The number of ether oxygens (including phenoxy) is 2. The lowest BCUT2D eigenvalue weighted by molar-refractivity contribution is 0.415. The van der Waals surface area contributed by atoms with Crippen LogP contribution in [0.4, 0.5) is 0 Å². The Kier molecular flexibility index (Phi) is 4.13. The van der Waals surface area contributed by atoms with Crippen molar-refractivity contribution in [1.82, 2.24) is 14.8 Å². The second kappa shape index (κ2) is 6.95. The average Bonchev–Trinajstić information content (AvgIpc) is 3.16. The Balaban J connectivity index is 1.81. The molecule has 5 aromatic rings. The molecule has 0 saturated carbocycles. The number of methoxy groups -OCH3 is 2. The number of benzene rings is 3. The van der Waals surface area contributed by atoms with E-state index in [2.05, 4.69) is 6.07 Å². The van der Waals surface area contributed by atoms with Gasteiger partial charge in [-0.2, -0.15) is 5.10 Å². The molecule has 0 spiro atoms.